The van der Waals surface area contributed by atoms with Gasteiger partial charge in [-0.15, -0.1) is 0 Å². The third kappa shape index (κ3) is 5.78. The maximum Gasteiger partial charge on any atom is 0.147 e. The average molecular weight is 282 g/mol. The quantitative estimate of drug-likeness (QED) is 0.793. The van der Waals surface area contributed by atoms with E-state index >= 15 is 0 Å². The van der Waals surface area contributed by atoms with Gasteiger partial charge in [0, 0.05) is 25.4 Å². The monoisotopic (exact) mass is 282 g/mol. The zero-order valence-electron chi connectivity index (χ0n) is 12.7. The number of hydrogen-bond acceptors (Lipinski definition) is 5. The molecule has 1 aromatic rings. The summed E-state index contributed by atoms with van der Waals surface area (Å²) in [6, 6.07) is 0.467. The third-order valence-electron chi connectivity index (χ3n) is 2.98. The topological polar surface area (TPSA) is 41.1 Å². The van der Waals surface area contributed by atoms with Crippen molar-refractivity contribution in [3.63, 3.8) is 0 Å². The first kappa shape index (κ1) is 16.2. The van der Waals surface area contributed by atoms with E-state index in [9.17, 15) is 0 Å². The van der Waals surface area contributed by atoms with Gasteiger partial charge in [-0.1, -0.05) is 13.8 Å². The molecule has 1 aromatic heterocycles. The van der Waals surface area contributed by atoms with Crippen LogP contribution in [0.4, 0.5) is 5.82 Å². The molecule has 1 N–H and O–H groups in total. The third-order valence-corrected chi connectivity index (χ3v) is 3.80. The van der Waals surface area contributed by atoms with E-state index in [1.165, 1.54) is 0 Å². The molecule has 108 valence electrons. The van der Waals surface area contributed by atoms with E-state index in [1.54, 1.807) is 0 Å². The molecule has 0 bridgehead atoms. The molecule has 1 rings (SSSR count). The SMILES string of the molecule is CSCC(C)N(C)c1cnc(CNCC(C)C)cn1. The highest BCUT2D eigenvalue weighted by Gasteiger charge is 2.10. The van der Waals surface area contributed by atoms with Gasteiger partial charge in [0.1, 0.15) is 5.82 Å². The number of thioether (sulfide) groups is 1. The van der Waals surface area contributed by atoms with Crippen LogP contribution in [-0.2, 0) is 6.54 Å². The number of nitrogens with one attached hydrogen (secondary N) is 1. The highest BCUT2D eigenvalue weighted by molar-refractivity contribution is 7.98. The molecule has 0 saturated carbocycles. The van der Waals surface area contributed by atoms with Gasteiger partial charge in [0.15, 0.2) is 0 Å². The summed E-state index contributed by atoms with van der Waals surface area (Å²) in [5.41, 5.74) is 0.996. The van der Waals surface area contributed by atoms with Crippen molar-refractivity contribution in [3.05, 3.63) is 18.1 Å². The Bertz CT molecular complexity index is 353. The number of hydrogen-bond donors (Lipinski definition) is 1. The van der Waals surface area contributed by atoms with E-state index in [1.807, 2.05) is 24.2 Å². The van der Waals surface area contributed by atoms with Gasteiger partial charge in [-0.2, -0.15) is 11.8 Å². The van der Waals surface area contributed by atoms with Crippen molar-refractivity contribution in [1.29, 1.82) is 0 Å². The van der Waals surface area contributed by atoms with Crippen LogP contribution in [0, 0.1) is 5.92 Å². The second-order valence-electron chi connectivity index (χ2n) is 5.31. The maximum atomic E-state index is 4.49. The highest BCUT2D eigenvalue weighted by atomic mass is 32.2. The lowest BCUT2D eigenvalue weighted by molar-refractivity contribution is 0.547. The van der Waals surface area contributed by atoms with Crippen LogP contribution in [0.3, 0.4) is 0 Å². The minimum Gasteiger partial charge on any atom is -0.355 e. The van der Waals surface area contributed by atoms with Crippen molar-refractivity contribution < 1.29 is 0 Å². The second-order valence-corrected chi connectivity index (χ2v) is 6.22. The van der Waals surface area contributed by atoms with Gasteiger partial charge in [0.05, 0.1) is 18.1 Å². The summed E-state index contributed by atoms with van der Waals surface area (Å²) < 4.78 is 0. The van der Waals surface area contributed by atoms with Gasteiger partial charge in [-0.05, 0) is 25.6 Å². The fourth-order valence-electron chi connectivity index (χ4n) is 1.69. The summed E-state index contributed by atoms with van der Waals surface area (Å²) in [6.07, 6.45) is 5.85. The van der Waals surface area contributed by atoms with Gasteiger partial charge >= 0.3 is 0 Å². The van der Waals surface area contributed by atoms with Crippen LogP contribution in [-0.4, -0.2) is 41.6 Å². The van der Waals surface area contributed by atoms with Crippen LogP contribution in [0.15, 0.2) is 12.4 Å². The van der Waals surface area contributed by atoms with E-state index in [0.29, 0.717) is 12.0 Å². The number of aromatic nitrogens is 2. The molecule has 0 aliphatic heterocycles. The van der Waals surface area contributed by atoms with Crippen molar-refractivity contribution >= 4 is 17.6 Å². The average Bonchev–Trinajstić information content (AvgIpc) is 2.38. The maximum absolute atomic E-state index is 4.49. The summed E-state index contributed by atoms with van der Waals surface area (Å²) in [5.74, 6) is 2.69. The van der Waals surface area contributed by atoms with Crippen LogP contribution in [0.5, 0.6) is 0 Å². The summed E-state index contributed by atoms with van der Waals surface area (Å²) in [4.78, 5) is 11.1. The molecule has 0 radical (unpaired) electrons. The second kappa shape index (κ2) is 8.38. The van der Waals surface area contributed by atoms with Gasteiger partial charge in [0.25, 0.3) is 0 Å². The first-order chi connectivity index (χ1) is 9.04. The lowest BCUT2D eigenvalue weighted by Crippen LogP contribution is -2.31. The highest BCUT2D eigenvalue weighted by Crippen LogP contribution is 2.12. The Morgan fingerprint density at radius 2 is 2.00 bits per heavy atom. The smallest absolute Gasteiger partial charge is 0.147 e. The van der Waals surface area contributed by atoms with E-state index in [0.717, 1.165) is 30.4 Å². The van der Waals surface area contributed by atoms with Crippen molar-refractivity contribution in [2.75, 3.05) is 30.5 Å². The van der Waals surface area contributed by atoms with E-state index in [2.05, 4.69) is 54.3 Å². The molecule has 0 aliphatic carbocycles. The Kier molecular flexibility index (Phi) is 7.16. The van der Waals surface area contributed by atoms with Gasteiger partial charge in [-0.25, -0.2) is 4.98 Å². The van der Waals surface area contributed by atoms with Crippen LogP contribution in [0.25, 0.3) is 0 Å². The first-order valence-electron chi connectivity index (χ1n) is 6.78. The molecule has 1 unspecified atom stereocenters. The normalized spacial score (nSPS) is 12.7. The Morgan fingerprint density at radius 3 is 2.53 bits per heavy atom. The Hall–Kier alpha value is -0.810. The fraction of sp³-hybridized carbons (Fsp3) is 0.714. The summed E-state index contributed by atoms with van der Waals surface area (Å²) in [6.45, 7) is 8.40. The van der Waals surface area contributed by atoms with E-state index < -0.39 is 0 Å². The molecule has 0 saturated heterocycles. The summed E-state index contributed by atoms with van der Waals surface area (Å²) >= 11 is 1.85. The number of rotatable bonds is 8. The molecule has 4 nitrogen and oxygen atoms in total. The molecule has 5 heteroatoms. The lowest BCUT2D eigenvalue weighted by Gasteiger charge is -2.25. The van der Waals surface area contributed by atoms with Gasteiger partial charge in [0.2, 0.25) is 0 Å². The molecule has 0 aliphatic rings. The van der Waals surface area contributed by atoms with Crippen LogP contribution in [0.1, 0.15) is 26.5 Å². The van der Waals surface area contributed by atoms with E-state index in [-0.39, 0.29) is 0 Å². The molecule has 0 aromatic carbocycles. The Morgan fingerprint density at radius 1 is 1.26 bits per heavy atom. The van der Waals surface area contributed by atoms with E-state index in [4.69, 9.17) is 0 Å². The molecule has 0 amide bonds. The van der Waals surface area contributed by atoms with Crippen LogP contribution < -0.4 is 10.2 Å². The Labute approximate surface area is 121 Å². The van der Waals surface area contributed by atoms with Crippen molar-refractivity contribution in [1.82, 2.24) is 15.3 Å². The van der Waals surface area contributed by atoms with Gasteiger partial charge in [-0.3, -0.25) is 4.98 Å². The zero-order valence-corrected chi connectivity index (χ0v) is 13.5. The Balaban J connectivity index is 2.51. The van der Waals surface area contributed by atoms with Gasteiger partial charge < -0.3 is 10.2 Å². The fourth-order valence-corrected chi connectivity index (χ4v) is 2.40. The molecular weight excluding hydrogens is 256 g/mol. The summed E-state index contributed by atoms with van der Waals surface area (Å²) in [5, 5.41) is 3.37. The minimum absolute atomic E-state index is 0.467. The lowest BCUT2D eigenvalue weighted by atomic mass is 10.2. The molecular formula is C14H26N4S. The molecule has 0 fully saturated rings. The molecule has 0 spiro atoms. The van der Waals surface area contributed by atoms with Crippen LogP contribution in [0.2, 0.25) is 0 Å². The van der Waals surface area contributed by atoms with Crippen molar-refractivity contribution in [3.8, 4) is 0 Å². The number of anilines is 1. The predicted molar refractivity (Wildman–Crippen MR) is 84.8 cm³/mol. The largest absolute Gasteiger partial charge is 0.355 e. The first-order valence-corrected chi connectivity index (χ1v) is 8.17. The molecule has 1 heterocycles. The molecule has 1 atom stereocenters. The van der Waals surface area contributed by atoms with Crippen LogP contribution >= 0.6 is 11.8 Å². The zero-order chi connectivity index (χ0) is 14.3. The van der Waals surface area contributed by atoms with Crippen molar-refractivity contribution in [2.45, 2.75) is 33.4 Å². The minimum atomic E-state index is 0.467. The standard InChI is InChI=1S/C14H26N4S/c1-11(2)6-15-7-13-8-17-14(9-16-13)18(4)12(3)10-19-5/h8-9,11-12,15H,6-7,10H2,1-5H3. The number of nitrogens with zero attached hydrogens (tertiary/aromatic N) is 3. The molecule has 19 heavy (non-hydrogen) atoms. The predicted octanol–water partition coefficient (Wildman–Crippen LogP) is 2.41. The summed E-state index contributed by atoms with van der Waals surface area (Å²) in [7, 11) is 2.07. The van der Waals surface area contributed by atoms with Crippen molar-refractivity contribution in [2.24, 2.45) is 5.92 Å².